The van der Waals surface area contributed by atoms with Crippen molar-refractivity contribution in [1.82, 2.24) is 0 Å². The predicted molar refractivity (Wildman–Crippen MR) is 137 cm³/mol. The molecule has 0 atom stereocenters. The van der Waals surface area contributed by atoms with Gasteiger partial charge in [-0.05, 0) is 55.2 Å². The van der Waals surface area contributed by atoms with E-state index in [0.717, 1.165) is 28.4 Å². The Kier molecular flexibility index (Phi) is 7.03. The van der Waals surface area contributed by atoms with E-state index in [1.54, 1.807) is 6.07 Å². The zero-order valence-electron chi connectivity index (χ0n) is 19.5. The van der Waals surface area contributed by atoms with Crippen molar-refractivity contribution >= 4 is 39.1 Å². The summed E-state index contributed by atoms with van der Waals surface area (Å²) in [6, 6.07) is 11.5. The fourth-order valence-electron chi connectivity index (χ4n) is 5.04. The summed E-state index contributed by atoms with van der Waals surface area (Å²) in [5, 5.41) is 0.380. The first-order valence-electron chi connectivity index (χ1n) is 12.0. The van der Waals surface area contributed by atoms with E-state index in [4.69, 9.17) is 25.8 Å². The molecule has 0 N–H and O–H groups in total. The highest BCUT2D eigenvalue weighted by Gasteiger charge is 2.42. The smallest absolute Gasteiger partial charge is 0.180 e. The van der Waals surface area contributed by atoms with Gasteiger partial charge >= 0.3 is 0 Å². The van der Waals surface area contributed by atoms with E-state index in [1.165, 1.54) is 0 Å². The first kappa shape index (κ1) is 24.1. The lowest BCUT2D eigenvalue weighted by atomic mass is 9.73. The first-order valence-corrected chi connectivity index (χ1v) is 13.2. The minimum absolute atomic E-state index is 0.0332. The molecule has 0 aromatic heterocycles. The van der Waals surface area contributed by atoms with Crippen molar-refractivity contribution in [2.75, 3.05) is 6.61 Å². The third-order valence-electron chi connectivity index (χ3n) is 6.60. The Labute approximate surface area is 218 Å². The van der Waals surface area contributed by atoms with Crippen molar-refractivity contribution in [1.29, 1.82) is 0 Å². The van der Waals surface area contributed by atoms with Crippen molar-refractivity contribution in [3.63, 3.8) is 0 Å². The third-order valence-corrected chi connectivity index (χ3v) is 7.41. The number of ether oxygens (including phenoxy) is 3. The molecule has 2 aromatic carbocycles. The van der Waals surface area contributed by atoms with Crippen LogP contribution < -0.4 is 9.47 Å². The molecule has 0 saturated carbocycles. The van der Waals surface area contributed by atoms with Crippen LogP contribution in [0.2, 0.25) is 5.02 Å². The van der Waals surface area contributed by atoms with Gasteiger partial charge in [0.15, 0.2) is 23.1 Å². The molecule has 0 amide bonds. The quantitative estimate of drug-likeness (QED) is 0.376. The van der Waals surface area contributed by atoms with Crippen LogP contribution in [0.3, 0.4) is 0 Å². The van der Waals surface area contributed by atoms with Gasteiger partial charge in [-0.25, -0.2) is 0 Å². The highest BCUT2D eigenvalue weighted by Crippen LogP contribution is 2.50. The van der Waals surface area contributed by atoms with Gasteiger partial charge in [0, 0.05) is 47.2 Å². The number of rotatable bonds is 6. The number of benzene rings is 2. The summed E-state index contributed by atoms with van der Waals surface area (Å²) in [5.74, 6) is 1.91. The van der Waals surface area contributed by atoms with Crippen LogP contribution in [0.1, 0.15) is 62.5 Å². The molecule has 35 heavy (non-hydrogen) atoms. The largest absolute Gasteiger partial charge is 0.490 e. The van der Waals surface area contributed by atoms with E-state index >= 15 is 0 Å². The summed E-state index contributed by atoms with van der Waals surface area (Å²) in [4.78, 5) is 26.2. The molecule has 2 aliphatic carbocycles. The number of carbonyl (C=O) groups is 2. The third kappa shape index (κ3) is 4.78. The first-order chi connectivity index (χ1) is 17.0. The second kappa shape index (κ2) is 10.2. The van der Waals surface area contributed by atoms with Crippen LogP contribution in [0.25, 0.3) is 0 Å². The molecule has 1 heterocycles. The number of hydrogen-bond acceptors (Lipinski definition) is 5. The summed E-state index contributed by atoms with van der Waals surface area (Å²) >= 11 is 10.2. The van der Waals surface area contributed by atoms with E-state index in [1.807, 2.05) is 37.3 Å². The molecule has 7 heteroatoms. The van der Waals surface area contributed by atoms with Crippen LogP contribution in [0, 0.1) is 0 Å². The monoisotopic (exact) mass is 556 g/mol. The van der Waals surface area contributed by atoms with Gasteiger partial charge in [-0.15, -0.1) is 0 Å². The zero-order chi connectivity index (χ0) is 24.5. The Bertz CT molecular complexity index is 1200. The Hall–Kier alpha value is -2.57. The number of ketones is 2. The highest BCUT2D eigenvalue weighted by atomic mass is 79.9. The summed E-state index contributed by atoms with van der Waals surface area (Å²) in [6.45, 7) is 2.64. The minimum atomic E-state index is -0.494. The summed E-state index contributed by atoms with van der Waals surface area (Å²) in [5.41, 5.74) is 2.92. The van der Waals surface area contributed by atoms with Crippen molar-refractivity contribution in [3.8, 4) is 11.5 Å². The Morgan fingerprint density at radius 2 is 1.57 bits per heavy atom. The van der Waals surface area contributed by atoms with Crippen LogP contribution in [0.4, 0.5) is 0 Å². The maximum absolute atomic E-state index is 13.1. The molecule has 0 spiro atoms. The van der Waals surface area contributed by atoms with E-state index in [2.05, 4.69) is 15.9 Å². The van der Waals surface area contributed by atoms with Gasteiger partial charge in [-0.2, -0.15) is 0 Å². The Morgan fingerprint density at radius 3 is 2.17 bits per heavy atom. The number of Topliss-reactive ketones (excluding diaryl/α,β-unsaturated/α-hetero) is 2. The molecule has 0 unspecified atom stereocenters. The fourth-order valence-corrected chi connectivity index (χ4v) is 5.58. The molecule has 3 aliphatic rings. The standard InChI is InChI=1S/C28H26BrClO5/c1-2-33-24-14-17(13-19(30)28(24)34-15-16-9-11-18(29)12-10-16)25-26-20(31)5-3-7-22(26)35-23-8-4-6-21(32)27(23)25/h9-14,25H,2-8,15H2,1H3. The maximum atomic E-state index is 13.1. The lowest BCUT2D eigenvalue weighted by Crippen LogP contribution is -2.30. The average molecular weight is 558 g/mol. The summed E-state index contributed by atoms with van der Waals surface area (Å²) in [6.07, 6.45) is 3.82. The van der Waals surface area contributed by atoms with Gasteiger partial charge in [-0.1, -0.05) is 39.7 Å². The second-order valence-electron chi connectivity index (χ2n) is 8.94. The number of allylic oxidation sites excluding steroid dienone is 4. The van der Waals surface area contributed by atoms with Crippen LogP contribution in [0.15, 0.2) is 63.5 Å². The summed E-state index contributed by atoms with van der Waals surface area (Å²) < 4.78 is 19.2. The normalized spacial score (nSPS) is 18.3. The molecular weight excluding hydrogens is 532 g/mol. The van der Waals surface area contributed by atoms with Crippen molar-refractivity contribution < 1.29 is 23.8 Å². The molecule has 5 rings (SSSR count). The van der Waals surface area contributed by atoms with Gasteiger partial charge in [0.05, 0.1) is 11.6 Å². The SMILES string of the molecule is CCOc1cc(C2C3=C(CCCC3=O)OC3=C2C(=O)CCC3)cc(Cl)c1OCc1ccc(Br)cc1. The molecule has 182 valence electrons. The van der Waals surface area contributed by atoms with E-state index in [9.17, 15) is 9.59 Å². The Morgan fingerprint density at radius 1 is 0.943 bits per heavy atom. The molecular formula is C28H26BrClO5. The predicted octanol–water partition coefficient (Wildman–Crippen LogP) is 7.21. The van der Waals surface area contributed by atoms with Gasteiger partial charge in [0.25, 0.3) is 0 Å². The van der Waals surface area contributed by atoms with Gasteiger partial charge < -0.3 is 14.2 Å². The maximum Gasteiger partial charge on any atom is 0.180 e. The minimum Gasteiger partial charge on any atom is -0.490 e. The van der Waals surface area contributed by atoms with E-state index in [-0.39, 0.29) is 11.6 Å². The van der Waals surface area contributed by atoms with E-state index < -0.39 is 5.92 Å². The lowest BCUT2D eigenvalue weighted by molar-refractivity contribution is -0.117. The molecule has 0 bridgehead atoms. The second-order valence-corrected chi connectivity index (χ2v) is 10.3. The van der Waals surface area contributed by atoms with Crippen molar-refractivity contribution in [2.24, 2.45) is 0 Å². The Balaban J connectivity index is 1.56. The topological polar surface area (TPSA) is 61.8 Å². The van der Waals surface area contributed by atoms with Crippen LogP contribution in [0.5, 0.6) is 11.5 Å². The number of halogens is 2. The van der Waals surface area contributed by atoms with Crippen molar-refractivity contribution in [3.05, 3.63) is 79.7 Å². The van der Waals surface area contributed by atoms with Crippen LogP contribution in [-0.4, -0.2) is 18.2 Å². The fraction of sp³-hybridized carbons (Fsp3) is 0.357. The molecule has 1 aliphatic heterocycles. The highest BCUT2D eigenvalue weighted by molar-refractivity contribution is 9.10. The van der Waals surface area contributed by atoms with Crippen molar-refractivity contribution in [2.45, 2.75) is 58.0 Å². The van der Waals surface area contributed by atoms with Gasteiger partial charge in [0.1, 0.15) is 18.1 Å². The summed E-state index contributed by atoms with van der Waals surface area (Å²) in [7, 11) is 0. The van der Waals surface area contributed by atoms with Gasteiger partial charge in [-0.3, -0.25) is 9.59 Å². The molecule has 2 aromatic rings. The zero-order valence-corrected chi connectivity index (χ0v) is 21.8. The molecule has 0 fully saturated rings. The number of carbonyl (C=O) groups excluding carboxylic acids is 2. The molecule has 0 radical (unpaired) electrons. The van der Waals surface area contributed by atoms with E-state index in [0.29, 0.717) is 78.1 Å². The van der Waals surface area contributed by atoms with Crippen LogP contribution in [-0.2, 0) is 20.9 Å². The number of hydrogen-bond donors (Lipinski definition) is 0. The average Bonchev–Trinajstić information content (AvgIpc) is 2.84. The lowest BCUT2D eigenvalue weighted by Gasteiger charge is -2.36. The molecule has 5 nitrogen and oxygen atoms in total. The molecule has 0 saturated heterocycles. The van der Waals surface area contributed by atoms with Crippen LogP contribution >= 0.6 is 27.5 Å². The van der Waals surface area contributed by atoms with Gasteiger partial charge in [0.2, 0.25) is 0 Å².